The predicted molar refractivity (Wildman–Crippen MR) is 75.8 cm³/mol. The maximum atomic E-state index is 6.24. The van der Waals surface area contributed by atoms with E-state index in [1.807, 2.05) is 18.2 Å². The van der Waals surface area contributed by atoms with Gasteiger partial charge in [0.05, 0.1) is 13.2 Å². The number of halogens is 1. The number of nitrogens with two attached hydrogens (primary N) is 1. The molecule has 4 heteroatoms. The average molecular weight is 314 g/mol. The lowest BCUT2D eigenvalue weighted by Gasteiger charge is -2.17. The van der Waals surface area contributed by atoms with E-state index in [0.29, 0.717) is 6.10 Å². The summed E-state index contributed by atoms with van der Waals surface area (Å²) in [7, 11) is 1.67. The van der Waals surface area contributed by atoms with Gasteiger partial charge in [-0.15, -0.1) is 0 Å². The summed E-state index contributed by atoms with van der Waals surface area (Å²) < 4.78 is 11.8. The molecule has 0 radical (unpaired) electrons. The minimum absolute atomic E-state index is 0.0504. The first kappa shape index (κ1) is 13.8. The van der Waals surface area contributed by atoms with Crippen LogP contribution in [0.15, 0.2) is 22.7 Å². The fourth-order valence-electron chi connectivity index (χ4n) is 2.33. The molecule has 0 saturated carbocycles. The van der Waals surface area contributed by atoms with Gasteiger partial charge < -0.3 is 15.2 Å². The van der Waals surface area contributed by atoms with Crippen LogP contribution in [-0.2, 0) is 4.74 Å². The van der Waals surface area contributed by atoms with Crippen LogP contribution in [-0.4, -0.2) is 19.8 Å². The van der Waals surface area contributed by atoms with E-state index in [1.54, 1.807) is 7.11 Å². The molecule has 1 heterocycles. The Morgan fingerprint density at radius 2 is 2.39 bits per heavy atom. The fourth-order valence-corrected chi connectivity index (χ4v) is 2.98. The van der Waals surface area contributed by atoms with Crippen LogP contribution in [0.4, 0.5) is 0 Å². The Labute approximate surface area is 117 Å². The molecule has 0 spiro atoms. The van der Waals surface area contributed by atoms with Crippen molar-refractivity contribution in [3.05, 3.63) is 28.2 Å². The van der Waals surface area contributed by atoms with Crippen molar-refractivity contribution in [2.75, 3.05) is 13.7 Å². The van der Waals surface area contributed by atoms with E-state index in [2.05, 4.69) is 15.9 Å². The van der Waals surface area contributed by atoms with Crippen LogP contribution < -0.4 is 10.5 Å². The Balaban J connectivity index is 1.93. The third-order valence-corrected chi connectivity index (χ3v) is 4.12. The van der Waals surface area contributed by atoms with E-state index in [0.717, 1.165) is 35.2 Å². The molecule has 0 amide bonds. The summed E-state index contributed by atoms with van der Waals surface area (Å²) in [6.45, 7) is 0.909. The van der Waals surface area contributed by atoms with Crippen LogP contribution >= 0.6 is 15.9 Å². The zero-order valence-corrected chi connectivity index (χ0v) is 12.3. The monoisotopic (exact) mass is 313 g/mol. The van der Waals surface area contributed by atoms with Crippen LogP contribution in [0, 0.1) is 0 Å². The third-order valence-electron chi connectivity index (χ3n) is 3.43. The van der Waals surface area contributed by atoms with Crippen LogP contribution in [0.2, 0.25) is 0 Å². The Morgan fingerprint density at radius 1 is 1.56 bits per heavy atom. The van der Waals surface area contributed by atoms with Gasteiger partial charge in [0.25, 0.3) is 0 Å². The number of hydrogen-bond donors (Lipinski definition) is 1. The molecule has 1 aromatic carbocycles. The Morgan fingerprint density at radius 3 is 3.00 bits per heavy atom. The van der Waals surface area contributed by atoms with Gasteiger partial charge in [-0.3, -0.25) is 0 Å². The van der Waals surface area contributed by atoms with Gasteiger partial charge in [0, 0.05) is 17.1 Å². The van der Waals surface area contributed by atoms with Gasteiger partial charge in [-0.05, 0) is 43.4 Å². The molecule has 1 aromatic rings. The average Bonchev–Trinajstić information content (AvgIpc) is 2.88. The highest BCUT2D eigenvalue weighted by atomic mass is 79.9. The van der Waals surface area contributed by atoms with E-state index in [9.17, 15) is 0 Å². The number of hydrogen-bond acceptors (Lipinski definition) is 3. The van der Waals surface area contributed by atoms with Crippen LogP contribution in [0.1, 0.15) is 37.3 Å². The van der Waals surface area contributed by atoms with Crippen molar-refractivity contribution < 1.29 is 9.47 Å². The summed E-state index contributed by atoms with van der Waals surface area (Å²) in [5, 5.41) is 0. The van der Waals surface area contributed by atoms with Crippen LogP contribution in [0.25, 0.3) is 0 Å². The summed E-state index contributed by atoms with van der Waals surface area (Å²) in [5.74, 6) is 0.844. The lowest BCUT2D eigenvalue weighted by atomic mass is 10.00. The molecule has 3 nitrogen and oxygen atoms in total. The second-order valence-corrected chi connectivity index (χ2v) is 5.56. The molecular weight excluding hydrogens is 294 g/mol. The van der Waals surface area contributed by atoms with Crippen LogP contribution in [0.5, 0.6) is 5.75 Å². The Hall–Kier alpha value is -0.580. The van der Waals surface area contributed by atoms with E-state index < -0.39 is 0 Å². The lowest BCUT2D eigenvalue weighted by Crippen LogP contribution is -2.14. The highest BCUT2D eigenvalue weighted by molar-refractivity contribution is 9.10. The van der Waals surface area contributed by atoms with Crippen molar-refractivity contribution in [3.63, 3.8) is 0 Å². The largest absolute Gasteiger partial charge is 0.497 e. The minimum Gasteiger partial charge on any atom is -0.497 e. The number of rotatable bonds is 5. The molecule has 2 unspecified atom stereocenters. The van der Waals surface area contributed by atoms with Gasteiger partial charge in [0.15, 0.2) is 0 Å². The molecule has 1 fully saturated rings. The first-order valence-electron chi connectivity index (χ1n) is 6.41. The van der Waals surface area contributed by atoms with Crippen molar-refractivity contribution in [3.8, 4) is 5.75 Å². The Bertz CT molecular complexity index is 391. The second-order valence-electron chi connectivity index (χ2n) is 4.71. The summed E-state index contributed by atoms with van der Waals surface area (Å²) in [6.07, 6.45) is 4.77. The normalized spacial score (nSPS) is 20.9. The second kappa shape index (κ2) is 6.55. The number of methoxy groups -OCH3 is 1. The first-order valence-corrected chi connectivity index (χ1v) is 7.20. The lowest BCUT2D eigenvalue weighted by molar-refractivity contribution is 0.101. The van der Waals surface area contributed by atoms with Gasteiger partial charge >= 0.3 is 0 Å². The molecule has 18 heavy (non-hydrogen) atoms. The highest BCUT2D eigenvalue weighted by Crippen LogP contribution is 2.30. The molecular formula is C14H20BrNO2. The first-order chi connectivity index (χ1) is 8.70. The minimum atomic E-state index is 0.0504. The molecule has 2 N–H and O–H groups in total. The smallest absolute Gasteiger partial charge is 0.120 e. The molecule has 0 aliphatic carbocycles. The van der Waals surface area contributed by atoms with Gasteiger partial charge in [0.2, 0.25) is 0 Å². The van der Waals surface area contributed by atoms with Gasteiger partial charge in [0.1, 0.15) is 5.75 Å². The zero-order valence-electron chi connectivity index (χ0n) is 10.7. The molecule has 100 valence electrons. The fraction of sp³-hybridized carbons (Fsp3) is 0.571. The van der Waals surface area contributed by atoms with Crippen molar-refractivity contribution in [2.45, 2.75) is 37.8 Å². The highest BCUT2D eigenvalue weighted by Gasteiger charge is 2.18. The molecule has 1 aliphatic rings. The van der Waals surface area contributed by atoms with Gasteiger partial charge in [-0.1, -0.05) is 22.0 Å². The quantitative estimate of drug-likeness (QED) is 0.906. The molecule has 1 aliphatic heterocycles. The van der Waals surface area contributed by atoms with E-state index in [1.165, 1.54) is 12.8 Å². The van der Waals surface area contributed by atoms with E-state index >= 15 is 0 Å². The topological polar surface area (TPSA) is 44.5 Å². The van der Waals surface area contributed by atoms with Crippen molar-refractivity contribution in [1.82, 2.24) is 0 Å². The standard InChI is InChI=1S/C14H20BrNO2/c1-17-11-4-6-12(13(15)9-11)14(16)7-5-10-3-2-8-18-10/h4,6,9-10,14H,2-3,5,7-8,16H2,1H3. The van der Waals surface area contributed by atoms with Gasteiger partial charge in [-0.2, -0.15) is 0 Å². The SMILES string of the molecule is COc1ccc(C(N)CCC2CCCO2)c(Br)c1. The van der Waals surface area contributed by atoms with Crippen molar-refractivity contribution in [2.24, 2.45) is 5.73 Å². The van der Waals surface area contributed by atoms with Crippen LogP contribution in [0.3, 0.4) is 0 Å². The van der Waals surface area contributed by atoms with E-state index in [4.69, 9.17) is 15.2 Å². The summed E-state index contributed by atoms with van der Waals surface area (Å²) >= 11 is 3.55. The molecule has 1 saturated heterocycles. The third kappa shape index (κ3) is 3.46. The molecule has 2 rings (SSSR count). The van der Waals surface area contributed by atoms with E-state index in [-0.39, 0.29) is 6.04 Å². The molecule has 2 atom stereocenters. The number of ether oxygens (including phenoxy) is 2. The zero-order chi connectivity index (χ0) is 13.0. The predicted octanol–water partition coefficient (Wildman–Crippen LogP) is 3.42. The van der Waals surface area contributed by atoms with Crippen molar-refractivity contribution >= 4 is 15.9 Å². The maximum Gasteiger partial charge on any atom is 0.120 e. The summed E-state index contributed by atoms with van der Waals surface area (Å²) in [6, 6.07) is 5.99. The molecule has 0 bridgehead atoms. The molecule has 0 aromatic heterocycles. The van der Waals surface area contributed by atoms with Crippen molar-refractivity contribution in [1.29, 1.82) is 0 Å². The Kier molecular flexibility index (Phi) is 5.03. The maximum absolute atomic E-state index is 6.24. The van der Waals surface area contributed by atoms with Gasteiger partial charge in [-0.25, -0.2) is 0 Å². The summed E-state index contributed by atoms with van der Waals surface area (Å²) in [4.78, 5) is 0. The summed E-state index contributed by atoms with van der Waals surface area (Å²) in [5.41, 5.74) is 7.37. The number of benzene rings is 1.